The highest BCUT2D eigenvalue weighted by Gasteiger charge is 2.29. The number of carbonyl (C=O) groups is 3. The van der Waals surface area contributed by atoms with Crippen molar-refractivity contribution in [3.8, 4) is 0 Å². The maximum Gasteiger partial charge on any atom is 0.472 e. The molecule has 0 aromatic carbocycles. The van der Waals surface area contributed by atoms with E-state index in [9.17, 15) is 43.5 Å². The summed E-state index contributed by atoms with van der Waals surface area (Å²) in [6, 6.07) is 0. The molecule has 16 nitrogen and oxygen atoms in total. The molecule has 0 spiro atoms. The second kappa shape index (κ2) is 61.2. The molecule has 0 fully saturated rings. The SMILES string of the molecule is CC/C=C\C/C=C\C/C=C\CCCCCCCC(=O)OCC(COP(=O)(O)OCC(O)COP(=O)(O)OCC(O)COC(=O)CCCCCCCC/C=C\C/C=C\C/C=C\CCCCC)OC(=O)CCCCCCCCCCCCCCCCC. The minimum atomic E-state index is -4.92. The quantitative estimate of drug-likeness (QED) is 0.0146. The predicted molar refractivity (Wildman–Crippen MR) is 344 cm³/mol. The molecule has 0 amide bonds. The van der Waals surface area contributed by atoms with Crippen molar-refractivity contribution in [1.29, 1.82) is 0 Å². The van der Waals surface area contributed by atoms with Crippen molar-refractivity contribution in [3.05, 3.63) is 72.9 Å². The Morgan fingerprint density at radius 3 is 1.01 bits per heavy atom. The Hall–Kier alpha value is -3.01. The number of carbonyl (C=O) groups excluding carboxylic acids is 3. The molecule has 85 heavy (non-hydrogen) atoms. The summed E-state index contributed by atoms with van der Waals surface area (Å²) in [5, 5.41) is 20.5. The van der Waals surface area contributed by atoms with Gasteiger partial charge >= 0.3 is 33.6 Å². The summed E-state index contributed by atoms with van der Waals surface area (Å²) in [6.07, 6.45) is 62.4. The number of esters is 3. The second-order valence-corrected chi connectivity index (χ2v) is 25.2. The normalized spacial score (nSPS) is 14.8. The lowest BCUT2D eigenvalue weighted by molar-refractivity contribution is -0.161. The summed E-state index contributed by atoms with van der Waals surface area (Å²) in [7, 11) is -9.77. The van der Waals surface area contributed by atoms with E-state index in [1.165, 1.54) is 89.9 Å². The lowest BCUT2D eigenvalue weighted by Gasteiger charge is -2.21. The Labute approximate surface area is 515 Å². The van der Waals surface area contributed by atoms with E-state index in [2.05, 4.69) is 93.7 Å². The molecule has 0 aromatic rings. The van der Waals surface area contributed by atoms with Gasteiger partial charge in [-0.25, -0.2) is 9.13 Å². The van der Waals surface area contributed by atoms with Crippen LogP contribution in [0.15, 0.2) is 72.9 Å². The fourth-order valence-corrected chi connectivity index (χ4v) is 10.4. The molecule has 0 rings (SSSR count). The standard InChI is InChI=1S/C67H120O16P2/c1-4-7-10-13-16-19-22-25-28-29-30-31-34-36-38-41-44-47-50-53-65(70)77-56-62(68)57-79-84(73,74)80-58-63(69)59-81-85(75,76)82-61-64(83-67(72)55-52-49-46-43-40-37-33-27-24-21-18-15-12-9-6-3)60-78-66(71)54-51-48-45-42-39-35-32-26-23-20-17-14-11-8-5-2/h8,11,16-17,19-20,25-26,28,30-32,62-64,68-69H,4-7,9-10,12-15,18,21-24,27,29,33-61H2,1-3H3,(H,73,74)(H,75,76)/b11-8-,19-16-,20-17-,28-25-,31-30-,32-26-. The first-order chi connectivity index (χ1) is 41.2. The van der Waals surface area contributed by atoms with Gasteiger partial charge in [-0.05, 0) is 89.9 Å². The number of aliphatic hydroxyl groups excluding tert-OH is 2. The van der Waals surface area contributed by atoms with Crippen LogP contribution in [0.5, 0.6) is 0 Å². The average Bonchev–Trinajstić information content (AvgIpc) is 3.51. The predicted octanol–water partition coefficient (Wildman–Crippen LogP) is 18.0. The summed E-state index contributed by atoms with van der Waals surface area (Å²) >= 11 is 0. The fourth-order valence-electron chi connectivity index (χ4n) is 8.83. The lowest BCUT2D eigenvalue weighted by atomic mass is 10.0. The molecular formula is C67H120O16P2. The van der Waals surface area contributed by atoms with Gasteiger partial charge in [-0.2, -0.15) is 0 Å². The van der Waals surface area contributed by atoms with Gasteiger partial charge in [0.05, 0.1) is 26.4 Å². The summed E-state index contributed by atoms with van der Waals surface area (Å²) in [6.45, 7) is 2.51. The highest BCUT2D eigenvalue weighted by atomic mass is 31.2. The molecule has 5 atom stereocenters. The highest BCUT2D eigenvalue weighted by Crippen LogP contribution is 2.45. The van der Waals surface area contributed by atoms with Gasteiger partial charge in [0.1, 0.15) is 25.4 Å². The van der Waals surface area contributed by atoms with E-state index in [4.69, 9.17) is 32.3 Å². The van der Waals surface area contributed by atoms with Crippen LogP contribution < -0.4 is 0 Å². The molecule has 0 aliphatic heterocycles. The molecule has 0 aliphatic rings. The molecule has 0 radical (unpaired) electrons. The van der Waals surface area contributed by atoms with Gasteiger partial charge in [-0.1, -0.05) is 241 Å². The number of rotatable bonds is 63. The third-order valence-electron chi connectivity index (χ3n) is 13.9. The number of hydrogen-bond donors (Lipinski definition) is 4. The average molecular weight is 1240 g/mol. The van der Waals surface area contributed by atoms with Crippen LogP contribution in [-0.2, 0) is 55.8 Å². The van der Waals surface area contributed by atoms with Crippen molar-refractivity contribution in [3.63, 3.8) is 0 Å². The van der Waals surface area contributed by atoms with Gasteiger partial charge in [-0.3, -0.25) is 32.5 Å². The van der Waals surface area contributed by atoms with Gasteiger partial charge in [0.25, 0.3) is 0 Å². The fraction of sp³-hybridized carbons (Fsp3) is 0.776. The summed E-state index contributed by atoms with van der Waals surface area (Å²) in [4.78, 5) is 58.3. The zero-order chi connectivity index (χ0) is 62.4. The molecule has 494 valence electrons. The molecule has 5 unspecified atom stereocenters. The van der Waals surface area contributed by atoms with Crippen molar-refractivity contribution in [2.45, 2.75) is 296 Å². The molecule has 0 bridgehead atoms. The third-order valence-corrected chi connectivity index (χ3v) is 15.8. The first-order valence-corrected chi connectivity index (χ1v) is 36.2. The highest BCUT2D eigenvalue weighted by molar-refractivity contribution is 7.47. The van der Waals surface area contributed by atoms with Gasteiger partial charge in [0.2, 0.25) is 0 Å². The molecular weight excluding hydrogens is 1120 g/mol. The van der Waals surface area contributed by atoms with Crippen LogP contribution in [0.2, 0.25) is 0 Å². The van der Waals surface area contributed by atoms with Crippen molar-refractivity contribution in [1.82, 2.24) is 0 Å². The minimum Gasteiger partial charge on any atom is -0.463 e. The zero-order valence-corrected chi connectivity index (χ0v) is 55.1. The van der Waals surface area contributed by atoms with Crippen molar-refractivity contribution in [2.24, 2.45) is 0 Å². The van der Waals surface area contributed by atoms with Gasteiger partial charge in [-0.15, -0.1) is 0 Å². The van der Waals surface area contributed by atoms with Crippen LogP contribution in [-0.4, -0.2) is 95.9 Å². The molecule has 18 heteroatoms. The van der Waals surface area contributed by atoms with Crippen molar-refractivity contribution < 1.29 is 75.8 Å². The zero-order valence-electron chi connectivity index (χ0n) is 53.3. The Balaban J connectivity index is 4.66. The largest absolute Gasteiger partial charge is 0.472 e. The number of unbranched alkanes of at least 4 members (excludes halogenated alkanes) is 28. The second-order valence-electron chi connectivity index (χ2n) is 22.2. The molecule has 0 aliphatic carbocycles. The molecule has 4 N–H and O–H groups in total. The van der Waals surface area contributed by atoms with Crippen molar-refractivity contribution >= 4 is 33.6 Å². The topological polar surface area (TPSA) is 231 Å². The minimum absolute atomic E-state index is 0.105. The van der Waals surface area contributed by atoms with E-state index in [-0.39, 0.29) is 19.3 Å². The molecule has 0 saturated carbocycles. The maximum atomic E-state index is 12.9. The molecule has 0 aromatic heterocycles. The Morgan fingerprint density at radius 1 is 0.341 bits per heavy atom. The van der Waals surface area contributed by atoms with Crippen LogP contribution in [0.1, 0.15) is 278 Å². The number of phosphoric acid groups is 2. The van der Waals surface area contributed by atoms with Gasteiger partial charge in [0.15, 0.2) is 6.10 Å². The first-order valence-electron chi connectivity index (χ1n) is 33.2. The van der Waals surface area contributed by atoms with Crippen LogP contribution in [0, 0.1) is 0 Å². The molecule has 0 saturated heterocycles. The smallest absolute Gasteiger partial charge is 0.463 e. The number of hydrogen-bond acceptors (Lipinski definition) is 14. The number of phosphoric ester groups is 2. The molecule has 0 heterocycles. The Kier molecular flexibility index (Phi) is 59.1. The monoisotopic (exact) mass is 1240 g/mol. The number of allylic oxidation sites excluding steroid dienone is 12. The van der Waals surface area contributed by atoms with E-state index in [1.54, 1.807) is 0 Å². The summed E-state index contributed by atoms with van der Waals surface area (Å²) in [5.74, 6) is -1.60. The van der Waals surface area contributed by atoms with Crippen molar-refractivity contribution in [2.75, 3.05) is 39.6 Å². The van der Waals surface area contributed by atoms with Crippen LogP contribution in [0.4, 0.5) is 0 Å². The van der Waals surface area contributed by atoms with Crippen LogP contribution >= 0.6 is 15.6 Å². The first kappa shape index (κ1) is 82.0. The van der Waals surface area contributed by atoms with E-state index < -0.39 is 91.5 Å². The number of ether oxygens (including phenoxy) is 3. The van der Waals surface area contributed by atoms with E-state index in [1.807, 2.05) is 0 Å². The van der Waals surface area contributed by atoms with E-state index in [0.717, 1.165) is 128 Å². The lowest BCUT2D eigenvalue weighted by Crippen LogP contribution is -2.30. The number of aliphatic hydroxyl groups is 2. The van der Waals surface area contributed by atoms with Crippen LogP contribution in [0.3, 0.4) is 0 Å². The Bertz CT molecular complexity index is 1850. The van der Waals surface area contributed by atoms with Gasteiger partial charge in [0, 0.05) is 19.3 Å². The summed E-state index contributed by atoms with van der Waals surface area (Å²) in [5.41, 5.74) is 0. The van der Waals surface area contributed by atoms with E-state index >= 15 is 0 Å². The van der Waals surface area contributed by atoms with Crippen LogP contribution in [0.25, 0.3) is 0 Å². The maximum absolute atomic E-state index is 12.9. The van der Waals surface area contributed by atoms with Gasteiger partial charge < -0.3 is 34.2 Å². The third kappa shape index (κ3) is 62.4. The van der Waals surface area contributed by atoms with E-state index in [0.29, 0.717) is 19.3 Å². The summed E-state index contributed by atoms with van der Waals surface area (Å²) < 4.78 is 60.8. The Morgan fingerprint density at radius 2 is 0.624 bits per heavy atom.